The third-order valence-corrected chi connectivity index (χ3v) is 6.06. The number of nitrogens with one attached hydrogen (secondary N) is 1. The molecule has 0 aliphatic carbocycles. The third-order valence-electron chi connectivity index (χ3n) is 4.79. The number of fused-ring (bicyclic) bond motifs is 1. The van der Waals surface area contributed by atoms with Crippen LogP contribution in [-0.2, 0) is 16.4 Å². The van der Waals surface area contributed by atoms with E-state index in [2.05, 4.69) is 15.3 Å². The summed E-state index contributed by atoms with van der Waals surface area (Å²) in [6.45, 7) is 1.85. The molecule has 1 aromatic heterocycles. The van der Waals surface area contributed by atoms with E-state index >= 15 is 0 Å². The first-order valence-corrected chi connectivity index (χ1v) is 11.0. The van der Waals surface area contributed by atoms with E-state index in [9.17, 15) is 13.2 Å². The first kappa shape index (κ1) is 19.1. The van der Waals surface area contributed by atoms with Gasteiger partial charge in [-0.25, -0.2) is 18.4 Å². The molecule has 3 aromatic rings. The Kier molecular flexibility index (Phi) is 4.79. The zero-order valence-electron chi connectivity index (χ0n) is 16.0. The van der Waals surface area contributed by atoms with Crippen LogP contribution in [0.1, 0.15) is 22.8 Å². The minimum Gasteiger partial charge on any atom is -0.319 e. The number of hydrogen-bond acceptors (Lipinski definition) is 5. The second-order valence-electron chi connectivity index (χ2n) is 7.07. The summed E-state index contributed by atoms with van der Waals surface area (Å²) in [4.78, 5) is 21.2. The van der Waals surface area contributed by atoms with Crippen molar-refractivity contribution in [2.24, 2.45) is 0 Å². The Morgan fingerprint density at radius 2 is 1.79 bits per heavy atom. The van der Waals surface area contributed by atoms with Gasteiger partial charge in [-0.05, 0) is 37.1 Å². The highest BCUT2D eigenvalue weighted by atomic mass is 32.2. The standard InChI is InChI=1S/C21H20N4O3S/c1-14-10-17-11-16(8-9-19(17)25(14)29(2,27)28)21(26)24-18-12-22-20(23-13-18)15-6-4-3-5-7-15/h3-9,11-14H,10H2,1-2H3,(H,24,26). The number of sulfonamides is 1. The Hall–Kier alpha value is -3.26. The lowest BCUT2D eigenvalue weighted by Crippen LogP contribution is -2.34. The van der Waals surface area contributed by atoms with Crippen molar-refractivity contribution >= 4 is 27.3 Å². The van der Waals surface area contributed by atoms with Gasteiger partial charge in [-0.1, -0.05) is 30.3 Å². The Morgan fingerprint density at radius 3 is 2.45 bits per heavy atom. The van der Waals surface area contributed by atoms with Crippen molar-refractivity contribution in [3.05, 3.63) is 72.1 Å². The second-order valence-corrected chi connectivity index (χ2v) is 8.93. The highest BCUT2D eigenvalue weighted by Crippen LogP contribution is 2.34. The monoisotopic (exact) mass is 408 g/mol. The Bertz CT molecular complexity index is 1160. The maximum absolute atomic E-state index is 12.6. The topological polar surface area (TPSA) is 92.3 Å². The van der Waals surface area contributed by atoms with Crippen LogP contribution >= 0.6 is 0 Å². The van der Waals surface area contributed by atoms with Crippen molar-refractivity contribution in [3.8, 4) is 11.4 Å². The third kappa shape index (κ3) is 3.84. The smallest absolute Gasteiger partial charge is 0.255 e. The van der Waals surface area contributed by atoms with Crippen molar-refractivity contribution in [1.29, 1.82) is 0 Å². The first-order valence-electron chi connectivity index (χ1n) is 9.14. The molecule has 0 saturated carbocycles. The van der Waals surface area contributed by atoms with Crippen molar-refractivity contribution in [2.45, 2.75) is 19.4 Å². The number of aromatic nitrogens is 2. The summed E-state index contributed by atoms with van der Waals surface area (Å²) in [5, 5.41) is 2.78. The second kappa shape index (κ2) is 7.29. The quantitative estimate of drug-likeness (QED) is 0.716. The van der Waals surface area contributed by atoms with Gasteiger partial charge in [0.1, 0.15) is 0 Å². The number of anilines is 2. The van der Waals surface area contributed by atoms with Gasteiger partial charge in [0.15, 0.2) is 5.82 Å². The number of hydrogen-bond donors (Lipinski definition) is 1. The minimum absolute atomic E-state index is 0.169. The summed E-state index contributed by atoms with van der Waals surface area (Å²) in [5.74, 6) is 0.283. The highest BCUT2D eigenvalue weighted by molar-refractivity contribution is 7.92. The lowest BCUT2D eigenvalue weighted by Gasteiger charge is -2.21. The van der Waals surface area contributed by atoms with Gasteiger partial charge in [-0.15, -0.1) is 0 Å². The Morgan fingerprint density at radius 1 is 1.10 bits per heavy atom. The van der Waals surface area contributed by atoms with Gasteiger partial charge >= 0.3 is 0 Å². The Labute approximate surface area is 169 Å². The number of carbonyl (C=O) groups excluding carboxylic acids is 1. The van der Waals surface area contributed by atoms with Gasteiger partial charge in [0.2, 0.25) is 10.0 Å². The zero-order chi connectivity index (χ0) is 20.6. The van der Waals surface area contributed by atoms with Gasteiger partial charge in [-0.2, -0.15) is 0 Å². The lowest BCUT2D eigenvalue weighted by molar-refractivity contribution is 0.102. The van der Waals surface area contributed by atoms with Gasteiger partial charge in [0.05, 0.1) is 30.0 Å². The van der Waals surface area contributed by atoms with Gasteiger partial charge in [0, 0.05) is 17.2 Å². The molecule has 1 aliphatic rings. The van der Waals surface area contributed by atoms with E-state index in [1.165, 1.54) is 10.6 Å². The molecule has 148 valence electrons. The number of rotatable bonds is 4. The molecule has 7 nitrogen and oxygen atoms in total. The molecule has 1 amide bonds. The predicted octanol–water partition coefficient (Wildman–Crippen LogP) is 3.11. The fourth-order valence-electron chi connectivity index (χ4n) is 3.58. The summed E-state index contributed by atoms with van der Waals surface area (Å²) < 4.78 is 25.5. The molecule has 0 fully saturated rings. The van der Waals surface area contributed by atoms with E-state index in [0.717, 1.165) is 11.1 Å². The molecule has 0 bridgehead atoms. The molecule has 1 atom stereocenters. The molecule has 1 unspecified atom stereocenters. The maximum Gasteiger partial charge on any atom is 0.255 e. The molecule has 0 spiro atoms. The molecule has 1 N–H and O–H groups in total. The highest BCUT2D eigenvalue weighted by Gasteiger charge is 2.32. The van der Waals surface area contributed by atoms with Crippen LogP contribution in [0.2, 0.25) is 0 Å². The number of carbonyl (C=O) groups is 1. The molecule has 1 aliphatic heterocycles. The van der Waals surface area contributed by atoms with Crippen LogP contribution in [0.15, 0.2) is 60.9 Å². The molecular weight excluding hydrogens is 388 g/mol. The van der Waals surface area contributed by atoms with E-state index in [1.54, 1.807) is 30.6 Å². The van der Waals surface area contributed by atoms with Crippen molar-refractivity contribution in [2.75, 3.05) is 15.9 Å². The molecule has 2 heterocycles. The fraction of sp³-hybridized carbons (Fsp3) is 0.190. The van der Waals surface area contributed by atoms with E-state index in [4.69, 9.17) is 0 Å². The van der Waals surface area contributed by atoms with E-state index in [1.807, 2.05) is 37.3 Å². The SMILES string of the molecule is CC1Cc2cc(C(=O)Nc3cnc(-c4ccccc4)nc3)ccc2N1S(C)(=O)=O. The average molecular weight is 408 g/mol. The largest absolute Gasteiger partial charge is 0.319 e. The number of benzene rings is 2. The number of nitrogens with zero attached hydrogens (tertiary/aromatic N) is 3. The normalized spacial score (nSPS) is 15.8. The van der Waals surface area contributed by atoms with Crippen LogP contribution in [0.3, 0.4) is 0 Å². The minimum atomic E-state index is -3.36. The lowest BCUT2D eigenvalue weighted by atomic mass is 10.1. The summed E-state index contributed by atoms with van der Waals surface area (Å²) in [7, 11) is -3.36. The van der Waals surface area contributed by atoms with Gasteiger partial charge < -0.3 is 5.32 Å². The summed E-state index contributed by atoms with van der Waals surface area (Å²) >= 11 is 0. The fourth-order valence-corrected chi connectivity index (χ4v) is 4.85. The zero-order valence-corrected chi connectivity index (χ0v) is 16.8. The van der Waals surface area contributed by atoms with Crippen LogP contribution in [0.4, 0.5) is 11.4 Å². The molecule has 8 heteroatoms. The van der Waals surface area contributed by atoms with Gasteiger partial charge in [-0.3, -0.25) is 9.10 Å². The van der Waals surface area contributed by atoms with Crippen LogP contribution in [-0.4, -0.2) is 36.6 Å². The molecule has 4 rings (SSSR count). The van der Waals surface area contributed by atoms with Crippen molar-refractivity contribution in [1.82, 2.24) is 9.97 Å². The van der Waals surface area contributed by atoms with E-state index in [-0.39, 0.29) is 11.9 Å². The predicted molar refractivity (Wildman–Crippen MR) is 112 cm³/mol. The van der Waals surface area contributed by atoms with Gasteiger partial charge in [0.25, 0.3) is 5.91 Å². The van der Waals surface area contributed by atoms with Crippen LogP contribution in [0, 0.1) is 0 Å². The molecular formula is C21H20N4O3S. The van der Waals surface area contributed by atoms with Crippen LogP contribution in [0.5, 0.6) is 0 Å². The van der Waals surface area contributed by atoms with E-state index < -0.39 is 10.0 Å². The first-order chi connectivity index (χ1) is 13.8. The molecule has 0 saturated heterocycles. The van der Waals surface area contributed by atoms with E-state index in [0.29, 0.717) is 29.2 Å². The molecule has 29 heavy (non-hydrogen) atoms. The Balaban J connectivity index is 1.52. The maximum atomic E-state index is 12.6. The average Bonchev–Trinajstić information content (AvgIpc) is 3.04. The molecule has 0 radical (unpaired) electrons. The number of amides is 1. The van der Waals surface area contributed by atoms with Crippen LogP contribution in [0.25, 0.3) is 11.4 Å². The molecule has 2 aromatic carbocycles. The summed E-state index contributed by atoms with van der Waals surface area (Å²) in [5.41, 5.74) is 3.31. The van der Waals surface area contributed by atoms with Crippen molar-refractivity contribution < 1.29 is 13.2 Å². The summed E-state index contributed by atoms with van der Waals surface area (Å²) in [6, 6.07) is 14.5. The summed E-state index contributed by atoms with van der Waals surface area (Å²) in [6.07, 6.45) is 4.89. The van der Waals surface area contributed by atoms with Crippen molar-refractivity contribution in [3.63, 3.8) is 0 Å². The van der Waals surface area contributed by atoms with Crippen LogP contribution < -0.4 is 9.62 Å².